The van der Waals surface area contributed by atoms with E-state index in [2.05, 4.69) is 0 Å². The number of rotatable bonds is 3. The lowest BCUT2D eigenvalue weighted by Gasteiger charge is -2.26. The van der Waals surface area contributed by atoms with Gasteiger partial charge in [0.05, 0.1) is 10.4 Å². The number of hydrogen-bond acceptors (Lipinski definition) is 3. The van der Waals surface area contributed by atoms with E-state index in [9.17, 15) is 15.0 Å². The topological polar surface area (TPSA) is 57.5 Å². The van der Waals surface area contributed by atoms with Crippen LogP contribution in [0.2, 0.25) is 0 Å². The van der Waals surface area contributed by atoms with Gasteiger partial charge in [-0.15, -0.1) is 11.3 Å². The highest BCUT2D eigenvalue weighted by Crippen LogP contribution is 2.37. The molecule has 100 valence electrons. The summed E-state index contributed by atoms with van der Waals surface area (Å²) in [5.41, 5.74) is 1.60. The van der Waals surface area contributed by atoms with E-state index in [1.807, 2.05) is 32.0 Å². The maximum Gasteiger partial charge on any atom is 0.336 e. The van der Waals surface area contributed by atoms with Crippen LogP contribution < -0.4 is 0 Å². The first-order chi connectivity index (χ1) is 8.84. The van der Waals surface area contributed by atoms with Gasteiger partial charge in [-0.2, -0.15) is 0 Å². The zero-order valence-electron chi connectivity index (χ0n) is 11.1. The number of aromatic carboxylic acids is 1. The van der Waals surface area contributed by atoms with Gasteiger partial charge in [0, 0.05) is 0 Å². The highest BCUT2D eigenvalue weighted by molar-refractivity contribution is 7.10. The fraction of sp³-hybridized carbons (Fsp3) is 0.267. The lowest BCUT2D eigenvalue weighted by atomic mass is 9.88. The SMILES string of the molecule is Cc1ccc(C)c(C(C)(O)c2sccc2C(=O)O)c1. The number of thiophene rings is 1. The molecule has 0 spiro atoms. The van der Waals surface area contributed by atoms with E-state index in [0.717, 1.165) is 16.7 Å². The molecule has 1 aromatic heterocycles. The van der Waals surface area contributed by atoms with Crippen molar-refractivity contribution in [3.63, 3.8) is 0 Å². The quantitative estimate of drug-likeness (QED) is 0.904. The van der Waals surface area contributed by atoms with Crippen molar-refractivity contribution in [1.82, 2.24) is 0 Å². The maximum atomic E-state index is 11.2. The molecule has 0 saturated heterocycles. The van der Waals surface area contributed by atoms with Crippen molar-refractivity contribution >= 4 is 17.3 Å². The fourth-order valence-corrected chi connectivity index (χ4v) is 3.20. The summed E-state index contributed by atoms with van der Waals surface area (Å²) in [6, 6.07) is 7.34. The Morgan fingerprint density at radius 1 is 1.26 bits per heavy atom. The van der Waals surface area contributed by atoms with Crippen LogP contribution in [0.4, 0.5) is 0 Å². The monoisotopic (exact) mass is 276 g/mol. The number of benzene rings is 1. The molecule has 0 amide bonds. The van der Waals surface area contributed by atoms with E-state index in [-0.39, 0.29) is 5.56 Å². The van der Waals surface area contributed by atoms with Crippen LogP contribution in [0.5, 0.6) is 0 Å². The van der Waals surface area contributed by atoms with Gasteiger partial charge in [0.25, 0.3) is 0 Å². The molecular weight excluding hydrogens is 260 g/mol. The Bertz CT molecular complexity index is 626. The number of carboxylic acid groups (broad SMARTS) is 1. The third-order valence-electron chi connectivity index (χ3n) is 3.26. The van der Waals surface area contributed by atoms with Crippen LogP contribution in [0, 0.1) is 13.8 Å². The van der Waals surface area contributed by atoms with Gasteiger partial charge in [0.15, 0.2) is 0 Å². The number of hydrogen-bond donors (Lipinski definition) is 2. The second kappa shape index (κ2) is 4.79. The lowest BCUT2D eigenvalue weighted by molar-refractivity contribution is 0.0673. The summed E-state index contributed by atoms with van der Waals surface area (Å²) in [7, 11) is 0. The molecule has 19 heavy (non-hydrogen) atoms. The molecule has 0 aliphatic heterocycles. The predicted molar refractivity (Wildman–Crippen MR) is 75.9 cm³/mol. The molecule has 2 aromatic rings. The smallest absolute Gasteiger partial charge is 0.336 e. The minimum Gasteiger partial charge on any atom is -0.478 e. The summed E-state index contributed by atoms with van der Waals surface area (Å²) >= 11 is 1.26. The van der Waals surface area contributed by atoms with Gasteiger partial charge in [-0.05, 0) is 43.3 Å². The first-order valence-corrected chi connectivity index (χ1v) is 6.83. The standard InChI is InChI=1S/C15H16O3S/c1-9-4-5-10(2)12(8-9)15(3,18)13-11(14(16)17)6-7-19-13/h4-8,18H,1-3H3,(H,16,17). The van der Waals surface area contributed by atoms with E-state index < -0.39 is 11.6 Å². The summed E-state index contributed by atoms with van der Waals surface area (Å²) in [6.07, 6.45) is 0. The Labute approximate surface area is 116 Å². The molecule has 0 saturated carbocycles. The molecule has 0 bridgehead atoms. The second-order valence-electron chi connectivity index (χ2n) is 4.86. The molecule has 0 aliphatic rings. The minimum absolute atomic E-state index is 0.163. The summed E-state index contributed by atoms with van der Waals surface area (Å²) in [4.78, 5) is 11.7. The van der Waals surface area contributed by atoms with Crippen molar-refractivity contribution in [3.8, 4) is 0 Å². The van der Waals surface area contributed by atoms with Gasteiger partial charge in [-0.25, -0.2) is 4.79 Å². The van der Waals surface area contributed by atoms with Gasteiger partial charge in [0.2, 0.25) is 0 Å². The van der Waals surface area contributed by atoms with Crippen LogP contribution in [-0.2, 0) is 5.60 Å². The average Bonchev–Trinajstić information content (AvgIpc) is 2.82. The van der Waals surface area contributed by atoms with E-state index >= 15 is 0 Å². The van der Waals surface area contributed by atoms with E-state index in [4.69, 9.17) is 0 Å². The van der Waals surface area contributed by atoms with Crippen molar-refractivity contribution in [1.29, 1.82) is 0 Å². The molecule has 4 heteroatoms. The Balaban J connectivity index is 2.61. The fourth-order valence-electron chi connectivity index (χ4n) is 2.24. The largest absolute Gasteiger partial charge is 0.478 e. The van der Waals surface area contributed by atoms with Crippen LogP contribution in [0.1, 0.15) is 38.8 Å². The Kier molecular flexibility index (Phi) is 3.47. The molecule has 1 atom stereocenters. The van der Waals surface area contributed by atoms with E-state index in [1.165, 1.54) is 17.4 Å². The number of carbonyl (C=O) groups is 1. The summed E-state index contributed by atoms with van der Waals surface area (Å²) in [6.45, 7) is 5.51. The zero-order chi connectivity index (χ0) is 14.2. The Morgan fingerprint density at radius 2 is 1.95 bits per heavy atom. The maximum absolute atomic E-state index is 11.2. The highest BCUT2D eigenvalue weighted by Gasteiger charge is 2.32. The van der Waals surface area contributed by atoms with Crippen LogP contribution in [-0.4, -0.2) is 16.2 Å². The second-order valence-corrected chi connectivity index (χ2v) is 5.78. The Hall–Kier alpha value is -1.65. The molecule has 2 N–H and O–H groups in total. The van der Waals surface area contributed by atoms with Crippen LogP contribution in [0.25, 0.3) is 0 Å². The van der Waals surface area contributed by atoms with Crippen LogP contribution >= 0.6 is 11.3 Å². The van der Waals surface area contributed by atoms with Gasteiger partial charge in [-0.3, -0.25) is 0 Å². The first-order valence-electron chi connectivity index (χ1n) is 5.95. The summed E-state index contributed by atoms with van der Waals surface area (Å²) in [5.74, 6) is -1.01. The predicted octanol–water partition coefficient (Wildman–Crippen LogP) is 3.32. The van der Waals surface area contributed by atoms with Crippen molar-refractivity contribution in [3.05, 3.63) is 56.8 Å². The molecule has 1 aromatic carbocycles. The van der Waals surface area contributed by atoms with Gasteiger partial charge in [-0.1, -0.05) is 23.8 Å². The average molecular weight is 276 g/mol. The molecule has 1 heterocycles. The Morgan fingerprint density at radius 3 is 2.58 bits per heavy atom. The van der Waals surface area contributed by atoms with Crippen molar-refractivity contribution < 1.29 is 15.0 Å². The molecule has 1 unspecified atom stereocenters. The normalized spacial score (nSPS) is 14.1. The molecular formula is C15H16O3S. The highest BCUT2D eigenvalue weighted by atomic mass is 32.1. The van der Waals surface area contributed by atoms with Crippen LogP contribution in [0.3, 0.4) is 0 Å². The summed E-state index contributed by atoms with van der Waals surface area (Å²) < 4.78 is 0. The van der Waals surface area contributed by atoms with Gasteiger partial charge in [0.1, 0.15) is 5.60 Å². The van der Waals surface area contributed by atoms with Gasteiger partial charge < -0.3 is 10.2 Å². The number of carboxylic acids is 1. The third-order valence-corrected chi connectivity index (χ3v) is 4.38. The molecule has 0 aliphatic carbocycles. The minimum atomic E-state index is -1.29. The van der Waals surface area contributed by atoms with Crippen molar-refractivity contribution in [2.45, 2.75) is 26.4 Å². The molecule has 2 rings (SSSR count). The van der Waals surface area contributed by atoms with Crippen molar-refractivity contribution in [2.24, 2.45) is 0 Å². The van der Waals surface area contributed by atoms with Crippen LogP contribution in [0.15, 0.2) is 29.6 Å². The number of aliphatic hydroxyl groups is 1. The first kappa shape index (κ1) is 13.8. The zero-order valence-corrected chi connectivity index (χ0v) is 11.9. The third kappa shape index (κ3) is 2.41. The van der Waals surface area contributed by atoms with Crippen molar-refractivity contribution in [2.75, 3.05) is 0 Å². The van der Waals surface area contributed by atoms with E-state index in [0.29, 0.717) is 4.88 Å². The molecule has 0 radical (unpaired) electrons. The van der Waals surface area contributed by atoms with Gasteiger partial charge >= 0.3 is 5.97 Å². The molecule has 3 nitrogen and oxygen atoms in total. The summed E-state index contributed by atoms with van der Waals surface area (Å²) in [5, 5.41) is 21.7. The number of aryl methyl sites for hydroxylation is 2. The molecule has 0 fully saturated rings. The van der Waals surface area contributed by atoms with E-state index in [1.54, 1.807) is 12.3 Å². The lowest BCUT2D eigenvalue weighted by Crippen LogP contribution is -2.25.